The minimum Gasteiger partial charge on any atom is -0.481 e. The van der Waals surface area contributed by atoms with E-state index in [0.717, 1.165) is 0 Å². The Hall–Kier alpha value is -0.660. The highest BCUT2D eigenvalue weighted by atomic mass is 32.2. The Bertz CT molecular complexity index is 346. The Kier molecular flexibility index (Phi) is 6.08. The van der Waals surface area contributed by atoms with Gasteiger partial charge in [-0.15, -0.1) is 0 Å². The third-order valence-corrected chi connectivity index (χ3v) is 3.44. The van der Waals surface area contributed by atoms with E-state index in [4.69, 9.17) is 5.11 Å². The molecule has 102 valence electrons. The molecule has 0 fully saturated rings. The Labute approximate surface area is 103 Å². The maximum absolute atomic E-state index is 11.6. The first-order valence-electron chi connectivity index (χ1n) is 5.57. The van der Waals surface area contributed by atoms with Crippen LogP contribution in [0.1, 0.15) is 40.5 Å². The molecule has 3 N–H and O–H groups in total. The first kappa shape index (κ1) is 16.3. The van der Waals surface area contributed by atoms with Crippen molar-refractivity contribution >= 4 is 16.2 Å². The molecule has 0 aliphatic carbocycles. The smallest absolute Gasteiger partial charge is 0.304 e. The fourth-order valence-corrected chi connectivity index (χ4v) is 2.53. The van der Waals surface area contributed by atoms with E-state index in [9.17, 15) is 13.2 Å². The lowest BCUT2D eigenvalue weighted by Crippen LogP contribution is -2.49. The minimum absolute atomic E-state index is 0.240. The van der Waals surface area contributed by atoms with Gasteiger partial charge in [0.25, 0.3) is 10.2 Å². The number of carboxylic acid groups (broad SMARTS) is 1. The molecule has 0 radical (unpaired) electrons. The summed E-state index contributed by atoms with van der Waals surface area (Å²) in [6, 6.07) is -0.644. The van der Waals surface area contributed by atoms with Crippen LogP contribution in [0.25, 0.3) is 0 Å². The Balaban J connectivity index is 4.70. The highest BCUT2D eigenvalue weighted by Gasteiger charge is 2.30. The molecular formula is C10H22N2O4S. The zero-order valence-electron chi connectivity index (χ0n) is 10.8. The van der Waals surface area contributed by atoms with Gasteiger partial charge in [0.2, 0.25) is 0 Å². The van der Waals surface area contributed by atoms with Gasteiger partial charge in [-0.25, -0.2) is 4.72 Å². The molecule has 0 saturated carbocycles. The molecule has 0 amide bonds. The van der Waals surface area contributed by atoms with E-state index in [-0.39, 0.29) is 6.42 Å². The summed E-state index contributed by atoms with van der Waals surface area (Å²) < 4.78 is 28.0. The molecule has 0 heterocycles. The van der Waals surface area contributed by atoms with Crippen molar-refractivity contribution in [2.45, 2.75) is 46.6 Å². The SMILES string of the molecule is CCCNS(=O)(=O)NC(CC(=O)O)C(C)(C)C. The molecule has 7 heteroatoms. The lowest BCUT2D eigenvalue weighted by atomic mass is 9.85. The van der Waals surface area contributed by atoms with Crippen LogP contribution in [0.4, 0.5) is 0 Å². The predicted molar refractivity (Wildman–Crippen MR) is 65.8 cm³/mol. The summed E-state index contributed by atoms with van der Waals surface area (Å²) in [4.78, 5) is 10.7. The van der Waals surface area contributed by atoms with Crippen LogP contribution in [0.2, 0.25) is 0 Å². The lowest BCUT2D eigenvalue weighted by molar-refractivity contribution is -0.138. The Morgan fingerprint density at radius 2 is 1.88 bits per heavy atom. The van der Waals surface area contributed by atoms with Crippen LogP contribution in [0, 0.1) is 5.41 Å². The standard InChI is InChI=1S/C10H22N2O4S/c1-5-6-11-17(15,16)12-8(7-9(13)14)10(2,3)4/h8,11-12H,5-7H2,1-4H3,(H,13,14). The fourth-order valence-electron chi connectivity index (χ4n) is 1.16. The highest BCUT2D eigenvalue weighted by molar-refractivity contribution is 7.87. The number of hydrogen-bond acceptors (Lipinski definition) is 3. The second-order valence-electron chi connectivity index (χ2n) is 5.03. The van der Waals surface area contributed by atoms with Crippen molar-refractivity contribution < 1.29 is 18.3 Å². The number of carboxylic acids is 1. The molecular weight excluding hydrogens is 244 g/mol. The quantitative estimate of drug-likeness (QED) is 0.632. The van der Waals surface area contributed by atoms with Crippen molar-refractivity contribution in [2.24, 2.45) is 5.41 Å². The molecule has 0 spiro atoms. The number of rotatable bonds is 7. The maximum Gasteiger partial charge on any atom is 0.304 e. The second-order valence-corrected chi connectivity index (χ2v) is 6.56. The van der Waals surface area contributed by atoms with Crippen LogP contribution in [0.15, 0.2) is 0 Å². The molecule has 1 unspecified atom stereocenters. The van der Waals surface area contributed by atoms with Crippen molar-refractivity contribution in [3.63, 3.8) is 0 Å². The minimum atomic E-state index is -3.64. The summed E-state index contributed by atoms with van der Waals surface area (Å²) in [5.41, 5.74) is -0.459. The van der Waals surface area contributed by atoms with Gasteiger partial charge in [-0.1, -0.05) is 27.7 Å². The summed E-state index contributed by atoms with van der Waals surface area (Å²) in [5, 5.41) is 8.76. The van der Waals surface area contributed by atoms with E-state index in [0.29, 0.717) is 13.0 Å². The molecule has 1 atom stereocenters. The first-order valence-corrected chi connectivity index (χ1v) is 7.05. The average Bonchev–Trinajstić information content (AvgIpc) is 2.11. The van der Waals surface area contributed by atoms with Gasteiger partial charge in [-0.2, -0.15) is 13.1 Å². The molecule has 0 rings (SSSR count). The van der Waals surface area contributed by atoms with Crippen molar-refractivity contribution in [2.75, 3.05) is 6.54 Å². The highest BCUT2D eigenvalue weighted by Crippen LogP contribution is 2.22. The van der Waals surface area contributed by atoms with Crippen LogP contribution in [0.5, 0.6) is 0 Å². The molecule has 0 aromatic rings. The van der Waals surface area contributed by atoms with E-state index in [1.54, 1.807) is 20.8 Å². The normalized spacial score (nSPS) is 14.6. The van der Waals surface area contributed by atoms with E-state index < -0.39 is 27.6 Å². The fraction of sp³-hybridized carbons (Fsp3) is 0.900. The van der Waals surface area contributed by atoms with Gasteiger partial charge in [0.1, 0.15) is 0 Å². The van der Waals surface area contributed by atoms with Crippen molar-refractivity contribution in [1.82, 2.24) is 9.44 Å². The third kappa shape index (κ3) is 7.30. The van der Waals surface area contributed by atoms with E-state index in [1.807, 2.05) is 6.92 Å². The molecule has 0 aromatic carbocycles. The van der Waals surface area contributed by atoms with Crippen LogP contribution >= 0.6 is 0 Å². The number of carbonyl (C=O) groups is 1. The molecule has 0 aromatic heterocycles. The third-order valence-electron chi connectivity index (χ3n) is 2.26. The molecule has 0 aliphatic rings. The summed E-state index contributed by atoms with van der Waals surface area (Å²) in [5.74, 6) is -1.02. The first-order chi connectivity index (χ1) is 7.58. The van der Waals surface area contributed by atoms with Gasteiger partial charge >= 0.3 is 5.97 Å². The van der Waals surface area contributed by atoms with E-state index >= 15 is 0 Å². The van der Waals surface area contributed by atoms with Crippen molar-refractivity contribution in [3.05, 3.63) is 0 Å². The number of aliphatic carboxylic acids is 1. The van der Waals surface area contributed by atoms with Gasteiger partial charge in [-0.05, 0) is 11.8 Å². The second kappa shape index (κ2) is 6.32. The van der Waals surface area contributed by atoms with Crippen LogP contribution in [-0.4, -0.2) is 32.1 Å². The summed E-state index contributed by atoms with van der Waals surface area (Å²) in [6.07, 6.45) is 0.441. The monoisotopic (exact) mass is 266 g/mol. The molecule has 6 nitrogen and oxygen atoms in total. The van der Waals surface area contributed by atoms with Gasteiger partial charge in [0.05, 0.1) is 6.42 Å². The maximum atomic E-state index is 11.6. The molecule has 0 saturated heterocycles. The number of nitrogens with one attached hydrogen (secondary N) is 2. The van der Waals surface area contributed by atoms with E-state index in [1.165, 1.54) is 0 Å². The van der Waals surface area contributed by atoms with Crippen molar-refractivity contribution in [1.29, 1.82) is 0 Å². The number of hydrogen-bond donors (Lipinski definition) is 3. The average molecular weight is 266 g/mol. The van der Waals surface area contributed by atoms with Crippen molar-refractivity contribution in [3.8, 4) is 0 Å². The summed E-state index contributed by atoms with van der Waals surface area (Å²) in [7, 11) is -3.64. The largest absolute Gasteiger partial charge is 0.481 e. The predicted octanol–water partition coefficient (Wildman–Crippen LogP) is 0.710. The van der Waals surface area contributed by atoms with Gasteiger partial charge in [0.15, 0.2) is 0 Å². The molecule has 0 aliphatic heterocycles. The molecule has 0 bridgehead atoms. The van der Waals surface area contributed by atoms with Gasteiger partial charge in [0, 0.05) is 12.6 Å². The molecule has 17 heavy (non-hydrogen) atoms. The lowest BCUT2D eigenvalue weighted by Gasteiger charge is -2.30. The van der Waals surface area contributed by atoms with Crippen LogP contribution in [0.3, 0.4) is 0 Å². The summed E-state index contributed by atoms with van der Waals surface area (Å²) >= 11 is 0. The van der Waals surface area contributed by atoms with E-state index in [2.05, 4.69) is 9.44 Å². The Morgan fingerprint density at radius 3 is 2.24 bits per heavy atom. The topological polar surface area (TPSA) is 95.5 Å². The summed E-state index contributed by atoms with van der Waals surface area (Å²) in [6.45, 7) is 7.56. The van der Waals surface area contributed by atoms with Gasteiger partial charge in [-0.3, -0.25) is 4.79 Å². The Morgan fingerprint density at radius 1 is 1.35 bits per heavy atom. The zero-order chi connectivity index (χ0) is 13.7. The zero-order valence-corrected chi connectivity index (χ0v) is 11.6. The van der Waals surface area contributed by atoms with Crippen LogP contribution in [-0.2, 0) is 15.0 Å². The van der Waals surface area contributed by atoms with Gasteiger partial charge < -0.3 is 5.11 Å². The van der Waals surface area contributed by atoms with Crippen LogP contribution < -0.4 is 9.44 Å².